The molecule has 123 valence electrons. The van der Waals surface area contributed by atoms with E-state index in [1.54, 1.807) is 7.11 Å². The minimum atomic E-state index is 0.622. The number of nitrogens with zero attached hydrogens (tertiary/aromatic N) is 3. The third kappa shape index (κ3) is 3.12. The van der Waals surface area contributed by atoms with E-state index in [4.69, 9.17) is 4.74 Å². The van der Waals surface area contributed by atoms with E-state index in [1.165, 1.54) is 24.0 Å². The number of rotatable bonds is 4. The molecule has 5 nitrogen and oxygen atoms in total. The molecule has 1 aromatic carbocycles. The second-order valence-corrected chi connectivity index (χ2v) is 6.38. The Hall–Kier alpha value is -2.40. The van der Waals surface area contributed by atoms with Crippen molar-refractivity contribution in [3.8, 4) is 5.88 Å². The van der Waals surface area contributed by atoms with Gasteiger partial charge in [-0.1, -0.05) is 12.1 Å². The van der Waals surface area contributed by atoms with Gasteiger partial charge in [-0.05, 0) is 55.1 Å². The van der Waals surface area contributed by atoms with Gasteiger partial charge >= 0.3 is 0 Å². The lowest BCUT2D eigenvalue weighted by Gasteiger charge is -2.32. The maximum Gasteiger partial charge on any atom is 0.212 e. The highest BCUT2D eigenvalue weighted by atomic mass is 16.5. The Morgan fingerprint density at radius 2 is 2.12 bits per heavy atom. The van der Waals surface area contributed by atoms with Crippen LogP contribution in [0.25, 0.3) is 11.0 Å². The van der Waals surface area contributed by atoms with Gasteiger partial charge in [0.25, 0.3) is 0 Å². The van der Waals surface area contributed by atoms with Crippen molar-refractivity contribution in [1.82, 2.24) is 19.9 Å². The minimum Gasteiger partial charge on any atom is -0.481 e. The summed E-state index contributed by atoms with van der Waals surface area (Å²) in [4.78, 5) is 14.1. The van der Waals surface area contributed by atoms with Crippen molar-refractivity contribution in [1.29, 1.82) is 0 Å². The number of aromatic amines is 1. The minimum absolute atomic E-state index is 0.622. The Morgan fingerprint density at radius 1 is 1.25 bits per heavy atom. The number of piperidine rings is 1. The van der Waals surface area contributed by atoms with Gasteiger partial charge in [-0.15, -0.1) is 0 Å². The van der Waals surface area contributed by atoms with Crippen LogP contribution in [0.3, 0.4) is 0 Å². The lowest BCUT2D eigenvalue weighted by atomic mass is 9.89. The molecule has 0 bridgehead atoms. The zero-order valence-corrected chi connectivity index (χ0v) is 13.8. The van der Waals surface area contributed by atoms with Gasteiger partial charge in [0.2, 0.25) is 5.88 Å². The molecule has 1 saturated heterocycles. The number of nitrogens with one attached hydrogen (secondary N) is 1. The molecule has 3 aromatic rings. The Labute approximate surface area is 141 Å². The van der Waals surface area contributed by atoms with Crippen molar-refractivity contribution in [3.63, 3.8) is 0 Å². The molecule has 0 spiro atoms. The number of methoxy groups -OCH3 is 1. The summed E-state index contributed by atoms with van der Waals surface area (Å²) in [6.45, 7) is 3.18. The maximum absolute atomic E-state index is 5.11. The fourth-order valence-electron chi connectivity index (χ4n) is 3.46. The predicted octanol–water partition coefficient (Wildman–Crippen LogP) is 3.15. The third-order valence-corrected chi connectivity index (χ3v) is 4.86. The van der Waals surface area contributed by atoms with E-state index in [1.807, 2.05) is 12.3 Å². The van der Waals surface area contributed by atoms with E-state index >= 15 is 0 Å². The molecule has 0 unspecified atom stereocenters. The van der Waals surface area contributed by atoms with Crippen LogP contribution in [0.4, 0.5) is 0 Å². The van der Waals surface area contributed by atoms with Gasteiger partial charge in [0.05, 0.1) is 18.1 Å². The summed E-state index contributed by atoms with van der Waals surface area (Å²) < 4.78 is 5.11. The van der Waals surface area contributed by atoms with Crippen molar-refractivity contribution in [3.05, 3.63) is 54.0 Å². The van der Waals surface area contributed by atoms with E-state index in [0.717, 1.165) is 30.7 Å². The van der Waals surface area contributed by atoms with E-state index in [2.05, 4.69) is 50.4 Å². The first-order valence-electron chi connectivity index (χ1n) is 8.39. The van der Waals surface area contributed by atoms with Crippen molar-refractivity contribution >= 4 is 11.0 Å². The summed E-state index contributed by atoms with van der Waals surface area (Å²) in [5.41, 5.74) is 4.71. The third-order valence-electron chi connectivity index (χ3n) is 4.86. The molecule has 4 rings (SSSR count). The van der Waals surface area contributed by atoms with E-state index in [9.17, 15) is 0 Å². The number of ether oxygens (including phenoxy) is 1. The van der Waals surface area contributed by atoms with Crippen LogP contribution in [0.15, 0.2) is 36.5 Å². The van der Waals surface area contributed by atoms with E-state index in [-0.39, 0.29) is 0 Å². The first-order chi connectivity index (χ1) is 11.8. The second kappa shape index (κ2) is 6.61. The zero-order valence-electron chi connectivity index (χ0n) is 13.8. The number of H-pyrrole nitrogens is 1. The van der Waals surface area contributed by atoms with Gasteiger partial charge in [-0.3, -0.25) is 4.90 Å². The molecule has 2 aromatic heterocycles. The molecule has 1 radical (unpaired) electrons. The van der Waals surface area contributed by atoms with Crippen LogP contribution in [0.5, 0.6) is 5.88 Å². The molecule has 1 aliphatic rings. The number of hydrogen-bond acceptors (Lipinski definition) is 4. The molecule has 3 heterocycles. The normalized spacial score (nSPS) is 16.5. The van der Waals surface area contributed by atoms with Gasteiger partial charge in [-0.25, -0.2) is 9.97 Å². The van der Waals surface area contributed by atoms with Gasteiger partial charge in [0.15, 0.2) is 6.33 Å². The van der Waals surface area contributed by atoms with Crippen LogP contribution >= 0.6 is 0 Å². The molecular formula is C19H21N4O. The summed E-state index contributed by atoms with van der Waals surface area (Å²) in [6, 6.07) is 10.6. The van der Waals surface area contributed by atoms with Crippen LogP contribution in [0.1, 0.15) is 29.9 Å². The highest BCUT2D eigenvalue weighted by Crippen LogP contribution is 2.30. The van der Waals surface area contributed by atoms with Gasteiger partial charge in [0, 0.05) is 18.8 Å². The Kier molecular flexibility index (Phi) is 4.17. The van der Waals surface area contributed by atoms with E-state index < -0.39 is 0 Å². The first-order valence-corrected chi connectivity index (χ1v) is 8.39. The quantitative estimate of drug-likeness (QED) is 0.802. The Balaban J connectivity index is 1.37. The lowest BCUT2D eigenvalue weighted by Crippen LogP contribution is -2.32. The molecular weight excluding hydrogens is 300 g/mol. The molecule has 0 atom stereocenters. The number of aromatic nitrogens is 3. The molecule has 1 fully saturated rings. The number of benzene rings is 1. The topological polar surface area (TPSA) is 54.0 Å². The Morgan fingerprint density at radius 3 is 2.88 bits per heavy atom. The summed E-state index contributed by atoms with van der Waals surface area (Å²) in [6.07, 6.45) is 7.09. The van der Waals surface area contributed by atoms with Crippen molar-refractivity contribution in [2.24, 2.45) is 0 Å². The number of hydrogen-bond donors (Lipinski definition) is 1. The molecule has 24 heavy (non-hydrogen) atoms. The smallest absolute Gasteiger partial charge is 0.212 e. The average Bonchev–Trinajstić information content (AvgIpc) is 3.11. The number of pyridine rings is 1. The number of likely N-dealkylation sites (tertiary alicyclic amines) is 1. The number of imidazole rings is 1. The van der Waals surface area contributed by atoms with Crippen molar-refractivity contribution in [2.45, 2.75) is 25.3 Å². The first kappa shape index (κ1) is 15.1. The fourth-order valence-corrected chi connectivity index (χ4v) is 3.46. The van der Waals surface area contributed by atoms with Gasteiger partial charge < -0.3 is 9.72 Å². The van der Waals surface area contributed by atoms with Crippen LogP contribution in [0, 0.1) is 6.33 Å². The average molecular weight is 321 g/mol. The van der Waals surface area contributed by atoms with Crippen LogP contribution in [-0.4, -0.2) is 40.1 Å². The maximum atomic E-state index is 5.11. The summed E-state index contributed by atoms with van der Waals surface area (Å²) in [5, 5.41) is 0. The zero-order chi connectivity index (χ0) is 16.4. The summed E-state index contributed by atoms with van der Waals surface area (Å²) >= 11 is 0. The fraction of sp³-hybridized carbons (Fsp3) is 0.368. The van der Waals surface area contributed by atoms with Crippen molar-refractivity contribution in [2.75, 3.05) is 20.2 Å². The van der Waals surface area contributed by atoms with E-state index in [0.29, 0.717) is 11.8 Å². The van der Waals surface area contributed by atoms with Crippen LogP contribution in [0.2, 0.25) is 0 Å². The number of fused-ring (bicyclic) bond motifs is 1. The molecule has 0 saturated carbocycles. The summed E-state index contributed by atoms with van der Waals surface area (Å²) in [7, 11) is 1.64. The molecule has 0 amide bonds. The van der Waals surface area contributed by atoms with Gasteiger partial charge in [0.1, 0.15) is 0 Å². The summed E-state index contributed by atoms with van der Waals surface area (Å²) in [5.74, 6) is 1.29. The largest absolute Gasteiger partial charge is 0.481 e. The highest BCUT2D eigenvalue weighted by Gasteiger charge is 2.21. The highest BCUT2D eigenvalue weighted by molar-refractivity contribution is 5.75. The standard InChI is InChI=1S/C19H21N4O/c1-24-19-5-2-14(11-20-19)12-23-8-6-15(7-9-23)16-3-4-17-18(10-16)22-13-21-17/h2-5,10-11,15H,6-9,12H2,1H3,(H,21,22). The van der Waals surface area contributed by atoms with Crippen LogP contribution in [-0.2, 0) is 6.54 Å². The molecule has 0 aliphatic carbocycles. The predicted molar refractivity (Wildman–Crippen MR) is 93.0 cm³/mol. The molecule has 1 aliphatic heterocycles. The SMILES string of the molecule is COc1ccc(CN2CCC(c3ccc4[nH][c]nc4c3)CC2)cn1. The molecule has 1 N–H and O–H groups in total. The van der Waals surface area contributed by atoms with Crippen molar-refractivity contribution < 1.29 is 4.74 Å². The van der Waals surface area contributed by atoms with Gasteiger partial charge in [-0.2, -0.15) is 0 Å². The molecule has 5 heteroatoms. The second-order valence-electron chi connectivity index (χ2n) is 6.38. The lowest BCUT2D eigenvalue weighted by molar-refractivity contribution is 0.204. The monoisotopic (exact) mass is 321 g/mol. The Bertz CT molecular complexity index is 804. The van der Waals surface area contributed by atoms with Crippen LogP contribution < -0.4 is 4.74 Å².